The third-order valence-corrected chi connectivity index (χ3v) is 1.42. The van der Waals surface area contributed by atoms with Gasteiger partial charge >= 0.3 is 6.18 Å². The fraction of sp³-hybridized carbons (Fsp3) is 0.222. The molecule has 0 N–H and O–H groups in total. The van der Waals surface area contributed by atoms with E-state index >= 15 is 0 Å². The maximum absolute atomic E-state index is 11.8. The van der Waals surface area contributed by atoms with Crippen LogP contribution in [0.4, 0.5) is 13.2 Å². The van der Waals surface area contributed by atoms with Gasteiger partial charge in [0.2, 0.25) is 0 Å². The van der Waals surface area contributed by atoms with E-state index in [0.717, 1.165) is 0 Å². The SMILES string of the molecule is C=Cc1cnccc1OCC(F)(F)F. The van der Waals surface area contributed by atoms with Gasteiger partial charge in [0.1, 0.15) is 5.75 Å². The summed E-state index contributed by atoms with van der Waals surface area (Å²) in [5.41, 5.74) is 0.441. The molecule has 0 aliphatic heterocycles. The van der Waals surface area contributed by atoms with E-state index in [2.05, 4.69) is 16.3 Å². The summed E-state index contributed by atoms with van der Waals surface area (Å²) in [7, 11) is 0. The molecule has 1 aromatic heterocycles. The Labute approximate surface area is 79.0 Å². The Morgan fingerprint density at radius 2 is 2.21 bits per heavy atom. The number of alkyl halides is 3. The number of pyridine rings is 1. The first-order chi connectivity index (χ1) is 6.53. The van der Waals surface area contributed by atoms with E-state index in [0.29, 0.717) is 5.56 Å². The van der Waals surface area contributed by atoms with Gasteiger partial charge in [-0.3, -0.25) is 4.98 Å². The summed E-state index contributed by atoms with van der Waals surface area (Å²) >= 11 is 0. The van der Waals surface area contributed by atoms with Gasteiger partial charge in [-0.2, -0.15) is 13.2 Å². The van der Waals surface area contributed by atoms with Crippen molar-refractivity contribution in [3.05, 3.63) is 30.6 Å². The van der Waals surface area contributed by atoms with Crippen molar-refractivity contribution in [3.63, 3.8) is 0 Å². The molecule has 0 saturated heterocycles. The van der Waals surface area contributed by atoms with Crippen molar-refractivity contribution in [2.24, 2.45) is 0 Å². The number of nitrogens with zero attached hydrogens (tertiary/aromatic N) is 1. The van der Waals surface area contributed by atoms with E-state index in [1.807, 2.05) is 0 Å². The summed E-state index contributed by atoms with van der Waals surface area (Å²) in [6, 6.07) is 1.36. The van der Waals surface area contributed by atoms with Crippen molar-refractivity contribution in [2.45, 2.75) is 6.18 Å². The van der Waals surface area contributed by atoms with Crippen LogP contribution in [0.2, 0.25) is 0 Å². The molecule has 0 bridgehead atoms. The summed E-state index contributed by atoms with van der Waals surface area (Å²) in [5, 5.41) is 0. The van der Waals surface area contributed by atoms with Gasteiger partial charge in [0.25, 0.3) is 0 Å². The molecule has 0 aromatic carbocycles. The Morgan fingerprint density at radius 3 is 2.79 bits per heavy atom. The number of rotatable bonds is 3. The molecule has 1 aromatic rings. The van der Waals surface area contributed by atoms with Gasteiger partial charge < -0.3 is 4.74 Å². The minimum absolute atomic E-state index is 0.132. The second kappa shape index (κ2) is 4.13. The van der Waals surface area contributed by atoms with E-state index in [-0.39, 0.29) is 5.75 Å². The summed E-state index contributed by atoms with van der Waals surface area (Å²) in [5.74, 6) is 0.132. The number of hydrogen-bond donors (Lipinski definition) is 0. The van der Waals surface area contributed by atoms with Crippen LogP contribution in [-0.4, -0.2) is 17.8 Å². The number of halogens is 3. The topological polar surface area (TPSA) is 22.1 Å². The fourth-order valence-corrected chi connectivity index (χ4v) is 0.838. The average molecular weight is 203 g/mol. The van der Waals surface area contributed by atoms with E-state index in [1.165, 1.54) is 24.5 Å². The lowest BCUT2D eigenvalue weighted by molar-refractivity contribution is -0.153. The van der Waals surface area contributed by atoms with Gasteiger partial charge in [-0.05, 0) is 6.07 Å². The lowest BCUT2D eigenvalue weighted by Gasteiger charge is -2.10. The van der Waals surface area contributed by atoms with Crippen LogP contribution in [0.15, 0.2) is 25.0 Å². The monoisotopic (exact) mass is 203 g/mol. The molecule has 0 saturated carbocycles. The Balaban J connectivity index is 2.71. The fourth-order valence-electron chi connectivity index (χ4n) is 0.838. The van der Waals surface area contributed by atoms with Gasteiger partial charge in [0, 0.05) is 18.0 Å². The van der Waals surface area contributed by atoms with E-state index in [4.69, 9.17) is 0 Å². The van der Waals surface area contributed by atoms with Crippen LogP contribution in [0, 0.1) is 0 Å². The van der Waals surface area contributed by atoms with Crippen molar-refractivity contribution in [1.82, 2.24) is 4.98 Å². The molecule has 2 nitrogen and oxygen atoms in total. The minimum Gasteiger partial charge on any atom is -0.483 e. The van der Waals surface area contributed by atoms with Crippen molar-refractivity contribution in [3.8, 4) is 5.75 Å². The molecule has 0 aliphatic rings. The second-order valence-corrected chi connectivity index (χ2v) is 2.52. The number of aromatic nitrogens is 1. The lowest BCUT2D eigenvalue weighted by Crippen LogP contribution is -2.19. The van der Waals surface area contributed by atoms with Crippen LogP contribution in [0.3, 0.4) is 0 Å². The molecule has 0 radical (unpaired) electrons. The molecule has 0 amide bonds. The van der Waals surface area contributed by atoms with Crippen LogP contribution in [-0.2, 0) is 0 Å². The molecule has 0 atom stereocenters. The molecule has 14 heavy (non-hydrogen) atoms. The van der Waals surface area contributed by atoms with Crippen LogP contribution < -0.4 is 4.74 Å². The standard InChI is InChI=1S/C9H8F3NO/c1-2-7-5-13-4-3-8(7)14-6-9(10,11)12/h2-5H,1,6H2. The largest absolute Gasteiger partial charge is 0.483 e. The normalized spacial score (nSPS) is 11.1. The Morgan fingerprint density at radius 1 is 1.50 bits per heavy atom. The summed E-state index contributed by atoms with van der Waals surface area (Å²) in [6.07, 6.45) is -0.197. The van der Waals surface area contributed by atoms with Crippen LogP contribution >= 0.6 is 0 Å². The summed E-state index contributed by atoms with van der Waals surface area (Å²) in [6.45, 7) is 2.13. The zero-order valence-corrected chi connectivity index (χ0v) is 7.21. The van der Waals surface area contributed by atoms with Gasteiger partial charge in [0.05, 0.1) is 0 Å². The van der Waals surface area contributed by atoms with Gasteiger partial charge in [-0.15, -0.1) is 0 Å². The third kappa shape index (κ3) is 3.08. The van der Waals surface area contributed by atoms with Crippen LogP contribution in [0.1, 0.15) is 5.56 Å². The lowest BCUT2D eigenvalue weighted by atomic mass is 10.2. The molecular formula is C9H8F3NO. The quantitative estimate of drug-likeness (QED) is 0.753. The highest BCUT2D eigenvalue weighted by Gasteiger charge is 2.28. The molecule has 1 rings (SSSR count). The summed E-state index contributed by atoms with van der Waals surface area (Å²) in [4.78, 5) is 3.73. The van der Waals surface area contributed by atoms with E-state index in [9.17, 15) is 13.2 Å². The molecular weight excluding hydrogens is 195 g/mol. The minimum atomic E-state index is -4.33. The third-order valence-electron chi connectivity index (χ3n) is 1.42. The molecule has 0 fully saturated rings. The van der Waals surface area contributed by atoms with Gasteiger partial charge in [0.15, 0.2) is 6.61 Å². The van der Waals surface area contributed by atoms with E-state index in [1.54, 1.807) is 0 Å². The maximum Gasteiger partial charge on any atom is 0.422 e. The van der Waals surface area contributed by atoms with Crippen molar-refractivity contribution in [2.75, 3.05) is 6.61 Å². The molecule has 1 heterocycles. The highest BCUT2D eigenvalue weighted by molar-refractivity contribution is 5.53. The summed E-state index contributed by atoms with van der Waals surface area (Å²) < 4.78 is 40.0. The number of hydrogen-bond acceptors (Lipinski definition) is 2. The Kier molecular flexibility index (Phi) is 3.11. The molecule has 0 spiro atoms. The van der Waals surface area contributed by atoms with Gasteiger partial charge in [-0.1, -0.05) is 12.7 Å². The average Bonchev–Trinajstić information content (AvgIpc) is 2.14. The Bertz CT molecular complexity index is 322. The molecule has 76 valence electrons. The molecule has 0 unspecified atom stereocenters. The predicted octanol–water partition coefficient (Wildman–Crippen LogP) is 2.67. The smallest absolute Gasteiger partial charge is 0.422 e. The highest BCUT2D eigenvalue weighted by Crippen LogP contribution is 2.21. The van der Waals surface area contributed by atoms with Gasteiger partial charge in [-0.25, -0.2) is 0 Å². The number of ether oxygens (including phenoxy) is 1. The van der Waals surface area contributed by atoms with Crippen LogP contribution in [0.5, 0.6) is 5.75 Å². The van der Waals surface area contributed by atoms with Crippen molar-refractivity contribution < 1.29 is 17.9 Å². The predicted molar refractivity (Wildman–Crippen MR) is 45.9 cm³/mol. The zero-order chi connectivity index (χ0) is 10.6. The first-order valence-corrected chi connectivity index (χ1v) is 3.79. The zero-order valence-electron chi connectivity index (χ0n) is 7.21. The maximum atomic E-state index is 11.8. The van der Waals surface area contributed by atoms with E-state index < -0.39 is 12.8 Å². The highest BCUT2D eigenvalue weighted by atomic mass is 19.4. The molecule has 0 aliphatic carbocycles. The van der Waals surface area contributed by atoms with Crippen molar-refractivity contribution in [1.29, 1.82) is 0 Å². The van der Waals surface area contributed by atoms with Crippen molar-refractivity contribution >= 4 is 6.08 Å². The first-order valence-electron chi connectivity index (χ1n) is 3.79. The second-order valence-electron chi connectivity index (χ2n) is 2.52. The molecule has 5 heteroatoms. The van der Waals surface area contributed by atoms with Crippen LogP contribution in [0.25, 0.3) is 6.08 Å². The Hall–Kier alpha value is -1.52. The first kappa shape index (κ1) is 10.6.